The van der Waals surface area contributed by atoms with Gasteiger partial charge in [0.25, 0.3) is 0 Å². The number of β-lactam (4-membered cyclic amide) rings is 1. The third-order valence-corrected chi connectivity index (χ3v) is 8.47. The predicted molar refractivity (Wildman–Crippen MR) is 133 cm³/mol. The summed E-state index contributed by atoms with van der Waals surface area (Å²) in [4.78, 5) is 46.9. The third-order valence-electron chi connectivity index (χ3n) is 6.90. The first kappa shape index (κ1) is 26.0. The lowest BCUT2D eigenvalue weighted by atomic mass is 9.79. The van der Waals surface area contributed by atoms with E-state index in [-0.39, 0.29) is 42.9 Å². The molecule has 0 radical (unpaired) electrons. The molecular weight excluding hydrogens is 484 g/mol. The lowest BCUT2D eigenvalue weighted by molar-refractivity contribution is -0.164. The first-order valence-corrected chi connectivity index (χ1v) is 12.7. The summed E-state index contributed by atoms with van der Waals surface area (Å²) in [6, 6.07) is -0.325. The molecule has 4 rings (SSSR count). The molecule has 1 aromatic rings. The Labute approximate surface area is 214 Å². The molecule has 0 spiro atoms. The summed E-state index contributed by atoms with van der Waals surface area (Å²) in [6.07, 6.45) is 7.01. The third kappa shape index (κ3) is 4.45. The molecule has 1 aromatic heterocycles. The molecule has 36 heavy (non-hydrogen) atoms. The van der Waals surface area contributed by atoms with Crippen molar-refractivity contribution in [2.24, 2.45) is 11.8 Å². The van der Waals surface area contributed by atoms with Crippen molar-refractivity contribution in [3.8, 4) is 0 Å². The van der Waals surface area contributed by atoms with Gasteiger partial charge in [-0.1, -0.05) is 32.2 Å². The number of carbonyl (C=O) groups excluding carboxylic acids is 3. The van der Waals surface area contributed by atoms with Crippen LogP contribution in [0.4, 0.5) is 4.79 Å². The van der Waals surface area contributed by atoms with Crippen LogP contribution in [0, 0.1) is 11.8 Å². The Morgan fingerprint density at radius 1 is 1.33 bits per heavy atom. The number of likely N-dealkylation sites (tertiary alicyclic amines) is 1. The van der Waals surface area contributed by atoms with Gasteiger partial charge in [0.1, 0.15) is 25.1 Å². The number of thioether (sulfide) groups is 1. The Kier molecular flexibility index (Phi) is 7.33. The molecule has 3 aliphatic heterocycles. The van der Waals surface area contributed by atoms with Gasteiger partial charge < -0.3 is 24.0 Å². The van der Waals surface area contributed by atoms with E-state index in [2.05, 4.69) is 18.1 Å². The number of fused-ring (bicyclic) bond motifs is 1. The van der Waals surface area contributed by atoms with Gasteiger partial charge in [0.05, 0.1) is 24.4 Å². The van der Waals surface area contributed by atoms with Gasteiger partial charge in [-0.05, 0) is 13.8 Å². The van der Waals surface area contributed by atoms with Crippen LogP contribution in [0.25, 0.3) is 0 Å². The fraction of sp³-hybridized carbons (Fsp3) is 0.520. The minimum absolute atomic E-state index is 0.0179. The Balaban J connectivity index is 1.66. The lowest BCUT2D eigenvalue weighted by Gasteiger charge is -2.46. The fourth-order valence-electron chi connectivity index (χ4n) is 5.33. The normalized spacial score (nSPS) is 30.1. The number of hydrogen-bond donors (Lipinski definition) is 1. The highest BCUT2D eigenvalue weighted by molar-refractivity contribution is 8.04. The summed E-state index contributed by atoms with van der Waals surface area (Å²) in [5.74, 6) is -1.66. The SMILES string of the molecule is C=CCOC(=O)C1=C(S[C@@]2(C)C[C@@H](n3ccnc3)N(C(=O)OCC=C)C2)[C@H](C)[C@@H]2[C@@H]([C@@H](C)O)C(=O)N12. The molecule has 0 aromatic carbocycles. The lowest BCUT2D eigenvalue weighted by Crippen LogP contribution is -2.63. The fourth-order valence-corrected chi connectivity index (χ4v) is 6.90. The van der Waals surface area contributed by atoms with E-state index in [0.717, 1.165) is 4.91 Å². The zero-order valence-corrected chi connectivity index (χ0v) is 21.5. The number of hydrogen-bond acceptors (Lipinski definition) is 8. The molecule has 1 N–H and O–H groups in total. The number of aromatic nitrogens is 2. The Morgan fingerprint density at radius 2 is 2.03 bits per heavy atom. The molecule has 0 bridgehead atoms. The van der Waals surface area contributed by atoms with Gasteiger partial charge in [0.15, 0.2) is 0 Å². The molecule has 6 atom stereocenters. The van der Waals surface area contributed by atoms with Crippen LogP contribution in [-0.2, 0) is 19.1 Å². The quantitative estimate of drug-likeness (QED) is 0.303. The molecule has 0 unspecified atom stereocenters. The van der Waals surface area contributed by atoms with Gasteiger partial charge in [-0.3, -0.25) is 9.69 Å². The second kappa shape index (κ2) is 10.1. The van der Waals surface area contributed by atoms with Crippen LogP contribution in [0.2, 0.25) is 0 Å². The maximum atomic E-state index is 13.1. The van der Waals surface area contributed by atoms with E-state index in [0.29, 0.717) is 13.0 Å². The zero-order chi connectivity index (χ0) is 26.2. The summed E-state index contributed by atoms with van der Waals surface area (Å²) in [5.41, 5.74) is 0.217. The van der Waals surface area contributed by atoms with Crippen LogP contribution < -0.4 is 0 Å². The maximum Gasteiger partial charge on any atom is 0.411 e. The molecule has 4 heterocycles. The predicted octanol–water partition coefficient (Wildman–Crippen LogP) is 2.70. The summed E-state index contributed by atoms with van der Waals surface area (Å²) < 4.78 is 12.0. The molecule has 0 saturated carbocycles. The molecule has 0 aliphatic carbocycles. The highest BCUT2D eigenvalue weighted by Gasteiger charge is 2.61. The Hall–Kier alpha value is -3.05. The van der Waals surface area contributed by atoms with Crippen LogP contribution >= 0.6 is 11.8 Å². The van der Waals surface area contributed by atoms with E-state index in [1.165, 1.54) is 28.8 Å². The van der Waals surface area contributed by atoms with E-state index in [1.807, 2.05) is 18.4 Å². The van der Waals surface area contributed by atoms with Gasteiger partial charge in [-0.2, -0.15) is 0 Å². The molecule has 2 fully saturated rings. The Bertz CT molecular complexity index is 1090. The van der Waals surface area contributed by atoms with Gasteiger partial charge in [0.2, 0.25) is 5.91 Å². The van der Waals surface area contributed by atoms with Gasteiger partial charge in [-0.25, -0.2) is 14.6 Å². The number of rotatable bonds is 9. The van der Waals surface area contributed by atoms with Crippen LogP contribution in [0.15, 0.2) is 54.6 Å². The highest BCUT2D eigenvalue weighted by Crippen LogP contribution is 2.56. The first-order valence-electron chi connectivity index (χ1n) is 11.9. The summed E-state index contributed by atoms with van der Waals surface area (Å²) >= 11 is 1.48. The van der Waals surface area contributed by atoms with Crippen molar-refractivity contribution >= 4 is 29.7 Å². The molecule has 3 aliphatic rings. The first-order chi connectivity index (χ1) is 17.1. The molecule has 2 saturated heterocycles. The van der Waals surface area contributed by atoms with Crippen molar-refractivity contribution in [3.05, 3.63) is 54.6 Å². The smallest absolute Gasteiger partial charge is 0.411 e. The van der Waals surface area contributed by atoms with Crippen LogP contribution in [0.1, 0.15) is 33.4 Å². The number of amides is 2. The number of aliphatic hydroxyl groups excluding tert-OH is 1. The van der Waals surface area contributed by atoms with E-state index >= 15 is 0 Å². The van der Waals surface area contributed by atoms with Crippen molar-refractivity contribution in [1.82, 2.24) is 19.4 Å². The van der Waals surface area contributed by atoms with E-state index in [1.54, 1.807) is 30.5 Å². The summed E-state index contributed by atoms with van der Waals surface area (Å²) in [6.45, 7) is 13.2. The average molecular weight is 517 g/mol. The number of imidazole rings is 1. The number of aliphatic hydroxyl groups is 1. The van der Waals surface area contributed by atoms with E-state index < -0.39 is 28.8 Å². The molecule has 194 valence electrons. The van der Waals surface area contributed by atoms with Gasteiger partial charge in [-0.15, -0.1) is 11.8 Å². The molecule has 2 amide bonds. The number of esters is 1. The second-order valence-corrected chi connectivity index (χ2v) is 11.2. The molecular formula is C25H32N4O6S. The van der Waals surface area contributed by atoms with Crippen LogP contribution in [-0.4, -0.2) is 79.1 Å². The monoisotopic (exact) mass is 516 g/mol. The minimum Gasteiger partial charge on any atom is -0.457 e. The Morgan fingerprint density at radius 3 is 2.64 bits per heavy atom. The summed E-state index contributed by atoms with van der Waals surface area (Å²) in [7, 11) is 0. The number of nitrogens with zero attached hydrogens (tertiary/aromatic N) is 4. The standard InChI is InChI=1S/C25H32N4O6S/c1-6-10-34-23(32)20-21(15(3)19-18(16(4)30)22(31)29(19)20)36-25(5)12-17(27-9-8-26-14-27)28(13-25)24(33)35-11-7-2/h6-9,14-19,30H,1-2,10-13H2,3-5H3/t15-,16-,17+,18-,19-,25+/m1/s1. The van der Waals surface area contributed by atoms with Crippen molar-refractivity contribution in [2.45, 2.75) is 50.3 Å². The van der Waals surface area contributed by atoms with Crippen LogP contribution in [0.3, 0.4) is 0 Å². The average Bonchev–Trinajstić information content (AvgIpc) is 3.53. The number of ether oxygens (including phenoxy) is 2. The topological polar surface area (TPSA) is 114 Å². The minimum atomic E-state index is -0.834. The van der Waals surface area contributed by atoms with Crippen molar-refractivity contribution in [3.63, 3.8) is 0 Å². The van der Waals surface area contributed by atoms with Crippen molar-refractivity contribution in [2.75, 3.05) is 19.8 Å². The maximum absolute atomic E-state index is 13.1. The summed E-state index contributed by atoms with van der Waals surface area (Å²) in [5, 5.41) is 10.2. The van der Waals surface area contributed by atoms with Gasteiger partial charge in [0, 0.05) is 40.9 Å². The zero-order valence-electron chi connectivity index (χ0n) is 20.7. The number of carbonyl (C=O) groups is 3. The second-order valence-electron chi connectivity index (χ2n) is 9.59. The van der Waals surface area contributed by atoms with E-state index in [4.69, 9.17) is 9.47 Å². The van der Waals surface area contributed by atoms with Crippen molar-refractivity contribution < 1.29 is 29.0 Å². The highest BCUT2D eigenvalue weighted by atomic mass is 32.2. The largest absolute Gasteiger partial charge is 0.457 e. The van der Waals surface area contributed by atoms with Crippen LogP contribution in [0.5, 0.6) is 0 Å². The van der Waals surface area contributed by atoms with Gasteiger partial charge >= 0.3 is 12.1 Å². The molecule has 11 heteroatoms. The molecule has 10 nitrogen and oxygen atoms in total. The van der Waals surface area contributed by atoms with E-state index in [9.17, 15) is 19.5 Å². The van der Waals surface area contributed by atoms with Crippen molar-refractivity contribution in [1.29, 1.82) is 0 Å².